The van der Waals surface area contributed by atoms with Crippen molar-refractivity contribution in [2.24, 2.45) is 0 Å². The van der Waals surface area contributed by atoms with Crippen molar-refractivity contribution in [3.8, 4) is 16.9 Å². The van der Waals surface area contributed by atoms with Gasteiger partial charge in [-0.15, -0.1) is 29.8 Å². The largest absolute Gasteiger partial charge is 0.482 e. The van der Waals surface area contributed by atoms with Crippen LogP contribution in [0.1, 0.15) is 17.0 Å². The van der Waals surface area contributed by atoms with Gasteiger partial charge in [0.05, 0.1) is 16.8 Å². The average Bonchev–Trinajstić information content (AvgIpc) is 3.04. The van der Waals surface area contributed by atoms with E-state index in [1.54, 1.807) is 0 Å². The van der Waals surface area contributed by atoms with E-state index < -0.39 is 36.1 Å². The number of ether oxygens (including phenoxy) is 1. The number of carbonyl (C=O) groups is 1. The number of hydrogen-bond donors (Lipinski definition) is 2. The lowest BCUT2D eigenvalue weighted by atomic mass is 10.00. The highest BCUT2D eigenvalue weighted by atomic mass is 35.5. The van der Waals surface area contributed by atoms with Gasteiger partial charge in [0.1, 0.15) is 17.3 Å². The Morgan fingerprint density at radius 3 is 2.52 bits per heavy atom. The molecule has 158 valence electrons. The van der Waals surface area contributed by atoms with E-state index in [0.29, 0.717) is 0 Å². The number of rotatable bonds is 8. The highest BCUT2D eigenvalue weighted by molar-refractivity contribution is 6.32. The Kier molecular flexibility index (Phi) is 7.85. The van der Waals surface area contributed by atoms with Crippen LogP contribution < -0.4 is 10.1 Å². The van der Waals surface area contributed by atoms with E-state index in [-0.39, 0.29) is 45.6 Å². The molecule has 1 aromatic heterocycles. The van der Waals surface area contributed by atoms with Crippen molar-refractivity contribution in [3.05, 3.63) is 52.6 Å². The van der Waals surface area contributed by atoms with Crippen LogP contribution in [0.5, 0.6) is 5.75 Å². The Morgan fingerprint density at radius 1 is 1.28 bits per heavy atom. The third kappa shape index (κ3) is 5.38. The number of hydrogen-bond acceptors (Lipinski definition) is 2. The number of nitrogens with one attached hydrogen (secondary N) is 2. The molecular weight excluding hydrogens is 459 g/mol. The van der Waals surface area contributed by atoms with Crippen LogP contribution in [-0.4, -0.2) is 24.0 Å². The normalized spacial score (nSPS) is 11.4. The number of alkyl halides is 5. The van der Waals surface area contributed by atoms with Gasteiger partial charge in [-0.3, -0.25) is 4.79 Å². The van der Waals surface area contributed by atoms with E-state index in [0.717, 1.165) is 12.1 Å². The van der Waals surface area contributed by atoms with Gasteiger partial charge in [0.25, 0.3) is 5.91 Å². The van der Waals surface area contributed by atoms with Crippen LogP contribution >= 0.6 is 34.8 Å². The zero-order valence-corrected chi connectivity index (χ0v) is 17.0. The van der Waals surface area contributed by atoms with E-state index in [1.165, 1.54) is 6.08 Å². The lowest BCUT2D eigenvalue weighted by molar-refractivity contribution is -0.141. The monoisotopic (exact) mass is 472 g/mol. The summed E-state index contributed by atoms with van der Waals surface area (Å²) >= 11 is 17.4. The van der Waals surface area contributed by atoms with Gasteiger partial charge >= 0.3 is 6.18 Å². The van der Waals surface area contributed by atoms with E-state index in [4.69, 9.17) is 39.5 Å². The van der Waals surface area contributed by atoms with Crippen molar-refractivity contribution in [1.29, 1.82) is 0 Å². The molecule has 4 nitrogen and oxygen atoms in total. The summed E-state index contributed by atoms with van der Waals surface area (Å²) in [6.07, 6.45) is -3.28. The Balaban J connectivity index is 2.51. The topological polar surface area (TPSA) is 54.1 Å². The molecule has 2 N–H and O–H groups in total. The number of aromatic amines is 1. The smallest absolute Gasteiger partial charge is 0.431 e. The molecule has 0 saturated carbocycles. The second-order valence-corrected chi connectivity index (χ2v) is 6.68. The van der Waals surface area contributed by atoms with Crippen molar-refractivity contribution in [2.75, 3.05) is 13.2 Å². The molecule has 29 heavy (non-hydrogen) atoms. The maximum absolute atomic E-state index is 14.6. The Hall–Kier alpha value is -1.90. The molecule has 0 aliphatic carbocycles. The second kappa shape index (κ2) is 9.73. The highest BCUT2D eigenvalue weighted by Crippen LogP contribution is 2.43. The van der Waals surface area contributed by atoms with E-state index in [1.807, 2.05) is 0 Å². The van der Waals surface area contributed by atoms with Crippen LogP contribution in [0.25, 0.3) is 11.1 Å². The van der Waals surface area contributed by atoms with Crippen molar-refractivity contribution in [1.82, 2.24) is 10.3 Å². The zero-order chi connectivity index (χ0) is 21.8. The molecule has 0 bridgehead atoms. The van der Waals surface area contributed by atoms with Crippen molar-refractivity contribution in [2.45, 2.75) is 17.9 Å². The van der Waals surface area contributed by atoms with Gasteiger partial charge in [0.2, 0.25) is 0 Å². The number of halogens is 7. The first-order chi connectivity index (χ1) is 13.6. The maximum atomic E-state index is 14.6. The van der Waals surface area contributed by atoms with Crippen LogP contribution in [0.2, 0.25) is 5.02 Å². The van der Waals surface area contributed by atoms with Crippen LogP contribution in [0.15, 0.2) is 24.8 Å². The SMILES string of the molecule is C=CCNC(=O)COc1cc(-c2c(CCl)[nH]c(C(F)(F)F)c2CCl)c(F)cc1Cl. The Bertz CT molecular complexity index is 913. The molecule has 0 fully saturated rings. The molecule has 0 aliphatic rings. The molecule has 2 rings (SSSR count). The summed E-state index contributed by atoms with van der Waals surface area (Å²) in [6.45, 7) is 3.22. The van der Waals surface area contributed by atoms with E-state index in [9.17, 15) is 22.4 Å². The molecule has 0 radical (unpaired) electrons. The first kappa shape index (κ1) is 23.4. The third-order valence-electron chi connectivity index (χ3n) is 3.83. The summed E-state index contributed by atoms with van der Waals surface area (Å²) in [5, 5.41) is 2.31. The summed E-state index contributed by atoms with van der Waals surface area (Å²) in [6, 6.07) is 1.98. The molecule has 0 unspecified atom stereocenters. The maximum Gasteiger partial charge on any atom is 0.431 e. The molecule has 1 amide bonds. The van der Waals surface area contributed by atoms with Crippen molar-refractivity contribution in [3.63, 3.8) is 0 Å². The van der Waals surface area contributed by atoms with Crippen molar-refractivity contribution >= 4 is 40.7 Å². The van der Waals surface area contributed by atoms with Crippen LogP contribution in [0.4, 0.5) is 17.6 Å². The summed E-state index contributed by atoms with van der Waals surface area (Å²) < 4.78 is 59.8. The third-order valence-corrected chi connectivity index (χ3v) is 4.66. The van der Waals surface area contributed by atoms with Gasteiger partial charge in [-0.2, -0.15) is 13.2 Å². The predicted octanol–water partition coefficient (Wildman–Crippen LogP) is 5.65. The average molecular weight is 474 g/mol. The molecule has 0 saturated heterocycles. The minimum absolute atomic E-state index is 0.0643. The van der Waals surface area contributed by atoms with Crippen LogP contribution in [0.3, 0.4) is 0 Å². The Labute approximate surface area is 178 Å². The van der Waals surface area contributed by atoms with Crippen molar-refractivity contribution < 1.29 is 27.1 Å². The van der Waals surface area contributed by atoms with E-state index >= 15 is 0 Å². The molecular formula is C18H15Cl3F4N2O2. The van der Waals surface area contributed by atoms with Gasteiger partial charge in [-0.1, -0.05) is 17.7 Å². The summed E-state index contributed by atoms with van der Waals surface area (Å²) in [4.78, 5) is 13.8. The highest BCUT2D eigenvalue weighted by Gasteiger charge is 2.38. The predicted molar refractivity (Wildman–Crippen MR) is 104 cm³/mol. The minimum Gasteiger partial charge on any atom is -0.482 e. The lowest BCUT2D eigenvalue weighted by Crippen LogP contribution is -2.28. The van der Waals surface area contributed by atoms with Crippen LogP contribution in [-0.2, 0) is 22.7 Å². The van der Waals surface area contributed by atoms with Crippen LogP contribution in [0, 0.1) is 5.82 Å². The van der Waals surface area contributed by atoms with Gasteiger partial charge in [0, 0.05) is 28.9 Å². The fourth-order valence-corrected chi connectivity index (χ4v) is 3.28. The molecule has 0 aliphatic heterocycles. The number of amides is 1. The van der Waals surface area contributed by atoms with E-state index in [2.05, 4.69) is 16.9 Å². The lowest BCUT2D eigenvalue weighted by Gasteiger charge is -2.13. The standard InChI is InChI=1S/C18H15Cl3F4N2O2/c1-2-3-26-15(28)8-29-14-4-9(12(22)5-11(14)21)16-10(6-19)17(18(23,24)25)27-13(16)7-20/h2,4-5,27H,1,3,6-8H2,(H,26,28). The molecule has 11 heteroatoms. The summed E-state index contributed by atoms with van der Waals surface area (Å²) in [5.74, 6) is -2.37. The molecule has 1 aromatic carbocycles. The fourth-order valence-electron chi connectivity index (χ4n) is 2.61. The number of carbonyl (C=O) groups excluding carboxylic acids is 1. The fraction of sp³-hybridized carbons (Fsp3) is 0.278. The number of aromatic nitrogens is 1. The molecule has 2 aromatic rings. The molecule has 0 atom stereocenters. The Morgan fingerprint density at radius 2 is 1.97 bits per heavy atom. The summed E-state index contributed by atoms with van der Waals surface area (Å²) in [7, 11) is 0. The second-order valence-electron chi connectivity index (χ2n) is 5.74. The molecule has 0 spiro atoms. The first-order valence-electron chi connectivity index (χ1n) is 8.06. The zero-order valence-electron chi connectivity index (χ0n) is 14.7. The molecule has 1 heterocycles. The summed E-state index contributed by atoms with van der Waals surface area (Å²) in [5.41, 5.74) is -1.90. The number of benzene rings is 1. The van der Waals surface area contributed by atoms with Gasteiger partial charge < -0.3 is 15.0 Å². The minimum atomic E-state index is -4.74. The first-order valence-corrected chi connectivity index (χ1v) is 9.51. The van der Waals surface area contributed by atoms with Gasteiger partial charge in [-0.25, -0.2) is 4.39 Å². The van der Waals surface area contributed by atoms with Gasteiger partial charge in [0.15, 0.2) is 6.61 Å². The quantitative estimate of drug-likeness (QED) is 0.296. The van der Waals surface area contributed by atoms with Gasteiger partial charge in [-0.05, 0) is 12.1 Å². The number of H-pyrrole nitrogens is 1.